The number of allylic oxidation sites excluding steroid dienone is 1. The quantitative estimate of drug-likeness (QED) is 0.319. The molecule has 0 bridgehead atoms. The summed E-state index contributed by atoms with van der Waals surface area (Å²) in [5, 5.41) is 12.4. The van der Waals surface area contributed by atoms with E-state index in [-0.39, 0.29) is 5.92 Å². The molecule has 0 aromatic heterocycles. The van der Waals surface area contributed by atoms with Crippen molar-refractivity contribution in [3.05, 3.63) is 120 Å². The van der Waals surface area contributed by atoms with Gasteiger partial charge in [0.15, 0.2) is 0 Å². The van der Waals surface area contributed by atoms with Gasteiger partial charge in [0, 0.05) is 14.0 Å². The Morgan fingerprint density at radius 3 is 1.62 bits per heavy atom. The van der Waals surface area contributed by atoms with Crippen LogP contribution in [0.1, 0.15) is 29.0 Å². The zero-order chi connectivity index (χ0) is 20.9. The molecule has 0 heterocycles. The highest BCUT2D eigenvalue weighted by Gasteiger charge is 2.41. The topological polar surface area (TPSA) is 20.2 Å². The Morgan fingerprint density at radius 2 is 1.21 bits per heavy atom. The monoisotopic (exact) mass is 400 g/mol. The van der Waals surface area contributed by atoms with Gasteiger partial charge in [0.05, 0.1) is 0 Å². The van der Waals surface area contributed by atoms with Gasteiger partial charge in [-0.25, -0.2) is 0 Å². The van der Waals surface area contributed by atoms with Gasteiger partial charge < -0.3 is 5.11 Å². The molecule has 1 nitrogen and oxygen atoms in total. The molecule has 3 rings (SSSR count). The van der Waals surface area contributed by atoms with E-state index in [1.54, 1.807) is 0 Å². The first-order valence-corrected chi connectivity index (χ1v) is 14.1. The summed E-state index contributed by atoms with van der Waals surface area (Å²) in [6.45, 7) is 11.5. The number of hydrogen-bond donors (Lipinski definition) is 1. The second-order valence-electron chi connectivity index (χ2n) is 9.15. The van der Waals surface area contributed by atoms with Gasteiger partial charge in [-0.3, -0.25) is 0 Å². The van der Waals surface area contributed by atoms with Crippen molar-refractivity contribution in [1.29, 1.82) is 0 Å². The van der Waals surface area contributed by atoms with Crippen molar-refractivity contribution < 1.29 is 5.11 Å². The van der Waals surface area contributed by atoms with Crippen LogP contribution < -0.4 is 0 Å². The Labute approximate surface area is 176 Å². The fourth-order valence-electron chi connectivity index (χ4n) is 4.26. The lowest BCUT2D eigenvalue weighted by Crippen LogP contribution is -2.35. The summed E-state index contributed by atoms with van der Waals surface area (Å²) in [5.74, 6) is -0.114. The molecule has 0 aliphatic rings. The maximum absolute atomic E-state index is 12.4. The summed E-state index contributed by atoms with van der Waals surface area (Å²) < 4.78 is 0. The van der Waals surface area contributed by atoms with Crippen LogP contribution in [-0.2, 0) is 5.60 Å². The van der Waals surface area contributed by atoms with Crippen molar-refractivity contribution >= 4 is 8.07 Å². The Kier molecular flexibility index (Phi) is 6.56. The predicted molar refractivity (Wildman–Crippen MR) is 127 cm³/mol. The molecule has 0 radical (unpaired) electrons. The van der Waals surface area contributed by atoms with E-state index < -0.39 is 13.7 Å². The molecule has 0 fully saturated rings. The number of hydrogen-bond acceptors (Lipinski definition) is 1. The fraction of sp³-hybridized carbons (Fsp3) is 0.259. The third-order valence-electron chi connectivity index (χ3n) is 5.41. The Balaban J connectivity index is 2.14. The lowest BCUT2D eigenvalue weighted by atomic mass is 9.70. The van der Waals surface area contributed by atoms with Gasteiger partial charge in [-0.2, -0.15) is 0 Å². The molecule has 3 aromatic carbocycles. The summed E-state index contributed by atoms with van der Waals surface area (Å²) in [7, 11) is -1.29. The molecular formula is C27H32OSi. The van der Waals surface area contributed by atoms with Crippen LogP contribution >= 0.6 is 0 Å². The summed E-state index contributed by atoms with van der Waals surface area (Å²) >= 11 is 0. The largest absolute Gasteiger partial charge is 0.380 e. The van der Waals surface area contributed by atoms with E-state index in [1.165, 1.54) is 5.57 Å². The van der Waals surface area contributed by atoms with Crippen LogP contribution in [0.5, 0.6) is 0 Å². The van der Waals surface area contributed by atoms with Crippen LogP contribution in [0.15, 0.2) is 103 Å². The van der Waals surface area contributed by atoms with Crippen molar-refractivity contribution in [3.63, 3.8) is 0 Å². The third kappa shape index (κ3) is 5.14. The standard InChI is InChI=1S/C27H32OSi/c1-22(21-29(2,3)4)20-26(23-14-8-5-9-15-23)27(28,24-16-10-6-11-17-24)25-18-12-7-13-19-25/h5-19,26,28H,1,20-21H2,2-4H3. The van der Waals surface area contributed by atoms with Crippen LogP contribution in [0.2, 0.25) is 25.7 Å². The highest BCUT2D eigenvalue weighted by molar-refractivity contribution is 6.76. The lowest BCUT2D eigenvalue weighted by molar-refractivity contribution is 0.0491. The minimum atomic E-state index is -1.29. The number of aliphatic hydroxyl groups is 1. The molecule has 29 heavy (non-hydrogen) atoms. The van der Waals surface area contributed by atoms with Gasteiger partial charge in [0.2, 0.25) is 0 Å². The molecule has 0 aliphatic heterocycles. The second kappa shape index (κ2) is 8.94. The third-order valence-corrected chi connectivity index (χ3v) is 6.97. The maximum atomic E-state index is 12.4. The second-order valence-corrected chi connectivity index (χ2v) is 14.6. The van der Waals surface area contributed by atoms with Gasteiger partial charge in [-0.05, 0) is 29.2 Å². The highest BCUT2D eigenvalue weighted by atomic mass is 28.3. The normalized spacial score (nSPS) is 13.1. The summed E-state index contributed by atoms with van der Waals surface area (Å²) in [6, 6.07) is 31.6. The molecule has 0 aliphatic carbocycles. The maximum Gasteiger partial charge on any atom is 0.122 e. The molecule has 2 heteroatoms. The summed E-state index contributed by atoms with van der Waals surface area (Å²) in [5.41, 5.74) is 3.07. The summed E-state index contributed by atoms with van der Waals surface area (Å²) in [6.07, 6.45) is 0.759. The van der Waals surface area contributed by atoms with E-state index >= 15 is 0 Å². The van der Waals surface area contributed by atoms with Crippen molar-refractivity contribution in [2.24, 2.45) is 0 Å². The minimum absolute atomic E-state index is 0.114. The van der Waals surface area contributed by atoms with Gasteiger partial charge in [0.1, 0.15) is 5.60 Å². The van der Waals surface area contributed by atoms with Gasteiger partial charge in [0.25, 0.3) is 0 Å². The SMILES string of the molecule is C=C(CC(c1ccccc1)C(O)(c1ccccc1)c1ccccc1)C[Si](C)(C)C. The first kappa shape index (κ1) is 21.3. The molecule has 0 saturated heterocycles. The van der Waals surface area contributed by atoms with Crippen LogP contribution in [0.4, 0.5) is 0 Å². The van der Waals surface area contributed by atoms with Crippen molar-refractivity contribution in [2.45, 2.75) is 43.6 Å². The van der Waals surface area contributed by atoms with Crippen molar-refractivity contribution in [1.82, 2.24) is 0 Å². The zero-order valence-electron chi connectivity index (χ0n) is 17.8. The fourth-order valence-corrected chi connectivity index (χ4v) is 5.90. The molecule has 1 unspecified atom stereocenters. The van der Waals surface area contributed by atoms with Gasteiger partial charge in [-0.15, -0.1) is 6.58 Å². The van der Waals surface area contributed by atoms with E-state index in [2.05, 4.69) is 50.5 Å². The van der Waals surface area contributed by atoms with E-state index in [4.69, 9.17) is 0 Å². The van der Waals surface area contributed by atoms with Gasteiger partial charge >= 0.3 is 0 Å². The van der Waals surface area contributed by atoms with Crippen LogP contribution in [0, 0.1) is 0 Å². The first-order valence-electron chi connectivity index (χ1n) is 10.4. The Bertz CT molecular complexity index is 872. The van der Waals surface area contributed by atoms with E-state index in [0.29, 0.717) is 0 Å². The molecular weight excluding hydrogens is 368 g/mol. The first-order chi connectivity index (χ1) is 13.8. The van der Waals surface area contributed by atoms with Crippen molar-refractivity contribution in [2.75, 3.05) is 0 Å². The molecule has 150 valence electrons. The van der Waals surface area contributed by atoms with E-state index in [0.717, 1.165) is 29.2 Å². The highest BCUT2D eigenvalue weighted by Crippen LogP contribution is 2.46. The summed E-state index contributed by atoms with van der Waals surface area (Å²) in [4.78, 5) is 0. The number of rotatable bonds is 8. The average molecular weight is 401 g/mol. The molecule has 0 saturated carbocycles. The lowest BCUT2D eigenvalue weighted by Gasteiger charge is -2.39. The van der Waals surface area contributed by atoms with E-state index in [9.17, 15) is 5.11 Å². The van der Waals surface area contributed by atoms with Crippen LogP contribution in [0.25, 0.3) is 0 Å². The predicted octanol–water partition coefficient (Wildman–Crippen LogP) is 6.99. The zero-order valence-corrected chi connectivity index (χ0v) is 18.8. The molecule has 1 atom stereocenters. The van der Waals surface area contributed by atoms with Gasteiger partial charge in [-0.1, -0.05) is 116 Å². The minimum Gasteiger partial charge on any atom is -0.380 e. The molecule has 0 spiro atoms. The van der Waals surface area contributed by atoms with Crippen LogP contribution in [-0.4, -0.2) is 13.2 Å². The Morgan fingerprint density at radius 1 is 0.793 bits per heavy atom. The molecule has 3 aromatic rings. The smallest absolute Gasteiger partial charge is 0.122 e. The van der Waals surface area contributed by atoms with Crippen LogP contribution in [0.3, 0.4) is 0 Å². The number of benzene rings is 3. The van der Waals surface area contributed by atoms with E-state index in [1.807, 2.05) is 66.7 Å². The molecule has 1 N–H and O–H groups in total. The van der Waals surface area contributed by atoms with Crippen molar-refractivity contribution in [3.8, 4) is 0 Å². The Hall–Kier alpha value is -2.42. The molecule has 0 amide bonds. The average Bonchev–Trinajstić information content (AvgIpc) is 2.72.